The monoisotopic (exact) mass is 471 g/mol. The summed E-state index contributed by atoms with van der Waals surface area (Å²) in [6.07, 6.45) is -5.94. The summed E-state index contributed by atoms with van der Waals surface area (Å²) < 4.78 is 63.0. The average Bonchev–Trinajstić information content (AvgIpc) is 2.86. The number of fused-ring (bicyclic) bond motifs is 3. The topological polar surface area (TPSA) is 108 Å². The van der Waals surface area contributed by atoms with Crippen LogP contribution < -0.4 is 16.0 Å². The fourth-order valence-electron chi connectivity index (χ4n) is 3.15. The van der Waals surface area contributed by atoms with Gasteiger partial charge in [-0.15, -0.1) is 0 Å². The number of hydrogen-bond acceptors (Lipinski definition) is 4. The van der Waals surface area contributed by atoms with Crippen molar-refractivity contribution in [2.75, 3.05) is 11.9 Å². The number of carbonyl (C=O) groups is 3. The first-order valence-corrected chi connectivity index (χ1v) is 9.51. The van der Waals surface area contributed by atoms with Crippen LogP contribution in [0.25, 0.3) is 11.1 Å². The molecule has 2 aromatic carbocycles. The normalized spacial score (nSPS) is 17.5. The molecular weight excluding hydrogens is 453 g/mol. The third-order valence-electron chi connectivity index (χ3n) is 5.05. The second kappa shape index (κ2) is 8.43. The van der Waals surface area contributed by atoms with E-state index in [-0.39, 0.29) is 0 Å². The number of alkyl halides is 5. The van der Waals surface area contributed by atoms with Crippen LogP contribution in [0.5, 0.6) is 0 Å². The van der Waals surface area contributed by atoms with Crippen molar-refractivity contribution in [1.29, 1.82) is 0 Å². The Hall–Kier alpha value is -3.54. The second-order valence-corrected chi connectivity index (χ2v) is 7.49. The summed E-state index contributed by atoms with van der Waals surface area (Å²) in [5.41, 5.74) is -1.11. The van der Waals surface area contributed by atoms with Crippen molar-refractivity contribution >= 4 is 23.4 Å². The van der Waals surface area contributed by atoms with E-state index in [2.05, 4.69) is 10.6 Å². The Morgan fingerprint density at radius 3 is 2.18 bits per heavy atom. The molecule has 0 radical (unpaired) electrons. The van der Waals surface area contributed by atoms with Crippen LogP contribution in [0.4, 0.5) is 27.6 Å². The Labute approximate surface area is 184 Å². The standard InChI is InChI=1S/C21H18F5N3O4/c1-19(33,17(31)27-10-20(22,23)21(24,25)26)18(32)29-15-13-8-3-2-6-11(13)12-7-4-5-9-14(12)28-16(15)30/h2-9,15,33H,10H2,1H3,(H,27,31)(H,28,30)(H,29,32)/t15-,19-/m0/s1. The zero-order valence-corrected chi connectivity index (χ0v) is 17.0. The molecule has 2 aromatic rings. The van der Waals surface area contributed by atoms with Gasteiger partial charge in [-0.3, -0.25) is 14.4 Å². The second-order valence-electron chi connectivity index (χ2n) is 7.49. The maximum absolute atomic E-state index is 13.1. The van der Waals surface area contributed by atoms with Gasteiger partial charge < -0.3 is 21.1 Å². The molecule has 33 heavy (non-hydrogen) atoms. The molecular formula is C21H18F5N3O4. The minimum Gasteiger partial charge on any atom is -0.372 e. The number of benzene rings is 2. The summed E-state index contributed by atoms with van der Waals surface area (Å²) in [6.45, 7) is -1.57. The minimum atomic E-state index is -5.94. The van der Waals surface area contributed by atoms with Gasteiger partial charge in [0.2, 0.25) is 5.60 Å². The molecule has 0 bridgehead atoms. The molecule has 4 N–H and O–H groups in total. The molecule has 0 unspecified atom stereocenters. The van der Waals surface area contributed by atoms with E-state index in [4.69, 9.17) is 0 Å². The summed E-state index contributed by atoms with van der Waals surface area (Å²) >= 11 is 0. The zero-order chi connectivity index (χ0) is 24.6. The molecule has 0 spiro atoms. The number of carbonyl (C=O) groups excluding carboxylic acids is 3. The highest BCUT2D eigenvalue weighted by atomic mass is 19.4. The van der Waals surface area contributed by atoms with Crippen molar-refractivity contribution in [1.82, 2.24) is 10.6 Å². The van der Waals surface area contributed by atoms with Gasteiger partial charge in [0.05, 0.1) is 6.54 Å². The largest absolute Gasteiger partial charge is 0.455 e. The number of rotatable bonds is 5. The van der Waals surface area contributed by atoms with Gasteiger partial charge >= 0.3 is 12.1 Å². The van der Waals surface area contributed by atoms with Gasteiger partial charge in [-0.25, -0.2) is 0 Å². The summed E-state index contributed by atoms with van der Waals surface area (Å²) in [7, 11) is 0. The van der Waals surface area contributed by atoms with E-state index >= 15 is 0 Å². The number of anilines is 1. The lowest BCUT2D eigenvalue weighted by atomic mass is 9.94. The first kappa shape index (κ1) is 24.1. The molecule has 7 nitrogen and oxygen atoms in total. The van der Waals surface area contributed by atoms with Gasteiger partial charge in [-0.2, -0.15) is 22.0 Å². The van der Waals surface area contributed by atoms with Crippen molar-refractivity contribution in [2.24, 2.45) is 0 Å². The molecule has 176 valence electrons. The lowest BCUT2D eigenvalue weighted by Crippen LogP contribution is -2.58. The van der Waals surface area contributed by atoms with Crippen LogP contribution in [0, 0.1) is 0 Å². The number of hydrogen-bond donors (Lipinski definition) is 4. The molecule has 12 heteroatoms. The Balaban J connectivity index is 1.83. The van der Waals surface area contributed by atoms with Crippen LogP contribution >= 0.6 is 0 Å². The highest BCUT2D eigenvalue weighted by Gasteiger charge is 2.58. The molecule has 1 heterocycles. The highest BCUT2D eigenvalue weighted by molar-refractivity contribution is 6.10. The number of amides is 3. The van der Waals surface area contributed by atoms with Crippen LogP contribution in [0.3, 0.4) is 0 Å². The van der Waals surface area contributed by atoms with Gasteiger partial charge in [0.1, 0.15) is 6.04 Å². The van der Waals surface area contributed by atoms with Gasteiger partial charge in [0.25, 0.3) is 17.7 Å². The predicted molar refractivity (Wildman–Crippen MR) is 106 cm³/mol. The molecule has 2 atom stereocenters. The van der Waals surface area contributed by atoms with Crippen LogP contribution in [0.2, 0.25) is 0 Å². The van der Waals surface area contributed by atoms with Gasteiger partial charge in [0.15, 0.2) is 0 Å². The van der Waals surface area contributed by atoms with Crippen LogP contribution in [0.15, 0.2) is 48.5 Å². The van der Waals surface area contributed by atoms with E-state index in [1.165, 1.54) is 11.4 Å². The predicted octanol–water partition coefficient (Wildman–Crippen LogP) is 2.53. The Kier molecular flexibility index (Phi) is 6.16. The van der Waals surface area contributed by atoms with Gasteiger partial charge in [-0.1, -0.05) is 42.5 Å². The lowest BCUT2D eigenvalue weighted by molar-refractivity contribution is -0.278. The summed E-state index contributed by atoms with van der Waals surface area (Å²) in [5, 5.41) is 16.3. The van der Waals surface area contributed by atoms with Crippen molar-refractivity contribution in [3.8, 4) is 11.1 Å². The molecule has 1 aliphatic rings. The van der Waals surface area contributed by atoms with Crippen LogP contribution in [-0.4, -0.2) is 47.1 Å². The van der Waals surface area contributed by atoms with E-state index in [1.54, 1.807) is 42.5 Å². The van der Waals surface area contributed by atoms with E-state index in [9.17, 15) is 41.4 Å². The van der Waals surface area contributed by atoms with E-state index in [1.807, 2.05) is 0 Å². The van der Waals surface area contributed by atoms with Crippen molar-refractivity contribution in [3.63, 3.8) is 0 Å². The smallest absolute Gasteiger partial charge is 0.372 e. The third kappa shape index (κ3) is 4.65. The zero-order valence-electron chi connectivity index (χ0n) is 17.0. The number of halogens is 5. The summed E-state index contributed by atoms with van der Waals surface area (Å²) in [6, 6.07) is 11.8. The van der Waals surface area contributed by atoms with Crippen LogP contribution in [-0.2, 0) is 14.4 Å². The van der Waals surface area contributed by atoms with Crippen molar-refractivity contribution in [2.45, 2.75) is 30.7 Å². The van der Waals surface area contributed by atoms with Crippen molar-refractivity contribution < 1.29 is 41.4 Å². The lowest BCUT2D eigenvalue weighted by Gasteiger charge is -2.26. The first-order chi connectivity index (χ1) is 15.3. The SMILES string of the molecule is C[C@](O)(C(=O)NCC(F)(F)C(F)(F)F)C(=O)N[C@@H]1C(=O)Nc2ccccc2-c2ccccc21. The fraction of sp³-hybridized carbons (Fsp3) is 0.286. The van der Waals surface area contributed by atoms with E-state index < -0.39 is 48.0 Å². The number of nitrogens with one attached hydrogen (secondary N) is 3. The highest BCUT2D eigenvalue weighted by Crippen LogP contribution is 2.37. The van der Waals surface area contributed by atoms with Gasteiger partial charge in [-0.05, 0) is 24.1 Å². The number of para-hydroxylation sites is 1. The molecule has 3 rings (SSSR count). The minimum absolute atomic E-state index is 0.313. The Morgan fingerprint density at radius 2 is 1.55 bits per heavy atom. The number of aliphatic hydroxyl groups is 1. The molecule has 0 saturated heterocycles. The maximum atomic E-state index is 13.1. The molecule has 0 fully saturated rings. The van der Waals surface area contributed by atoms with Crippen LogP contribution in [0.1, 0.15) is 18.5 Å². The molecule has 0 saturated carbocycles. The van der Waals surface area contributed by atoms with E-state index in [0.29, 0.717) is 29.3 Å². The first-order valence-electron chi connectivity index (χ1n) is 9.51. The molecule has 3 amide bonds. The van der Waals surface area contributed by atoms with Gasteiger partial charge in [0, 0.05) is 11.3 Å². The summed E-state index contributed by atoms with van der Waals surface area (Å²) in [4.78, 5) is 37.5. The Bertz CT molecular complexity index is 1100. The van der Waals surface area contributed by atoms with Crippen molar-refractivity contribution in [3.05, 3.63) is 54.1 Å². The molecule has 0 aromatic heterocycles. The fourth-order valence-corrected chi connectivity index (χ4v) is 3.15. The average molecular weight is 471 g/mol. The van der Waals surface area contributed by atoms with E-state index in [0.717, 1.165) is 0 Å². The summed E-state index contributed by atoms with van der Waals surface area (Å²) in [5.74, 6) is -9.27. The quantitative estimate of drug-likeness (QED) is 0.397. The third-order valence-corrected chi connectivity index (χ3v) is 5.05. The maximum Gasteiger partial charge on any atom is 0.455 e. The molecule has 1 aliphatic heterocycles. The molecule has 0 aliphatic carbocycles. The Morgan fingerprint density at radius 1 is 0.970 bits per heavy atom.